The predicted molar refractivity (Wildman–Crippen MR) is 97.8 cm³/mol. The molecule has 0 aliphatic carbocycles. The maximum atomic E-state index is 4.62. The van der Waals surface area contributed by atoms with Gasteiger partial charge in [0.1, 0.15) is 5.82 Å². The molecule has 3 aromatic rings. The van der Waals surface area contributed by atoms with Crippen molar-refractivity contribution in [1.82, 2.24) is 15.0 Å². The zero-order valence-corrected chi connectivity index (χ0v) is 13.9. The molecule has 5 heteroatoms. The summed E-state index contributed by atoms with van der Waals surface area (Å²) < 4.78 is 0. The van der Waals surface area contributed by atoms with E-state index in [9.17, 15) is 0 Å². The van der Waals surface area contributed by atoms with Crippen molar-refractivity contribution in [2.75, 3.05) is 10.6 Å². The number of nitrogens with one attached hydrogen (secondary N) is 2. The van der Waals surface area contributed by atoms with Gasteiger partial charge in [-0.15, -0.1) is 0 Å². The highest BCUT2D eigenvalue weighted by Gasteiger charge is 2.08. The number of hydrogen-bond acceptors (Lipinski definition) is 5. The van der Waals surface area contributed by atoms with E-state index in [0.717, 1.165) is 22.8 Å². The minimum atomic E-state index is 0.264. The summed E-state index contributed by atoms with van der Waals surface area (Å²) >= 11 is 0. The second kappa shape index (κ2) is 7.55. The quantitative estimate of drug-likeness (QED) is 0.720. The van der Waals surface area contributed by atoms with E-state index in [2.05, 4.69) is 39.4 Å². The van der Waals surface area contributed by atoms with Crippen molar-refractivity contribution in [3.63, 3.8) is 0 Å². The van der Waals surface area contributed by atoms with Gasteiger partial charge in [0, 0.05) is 23.9 Å². The van der Waals surface area contributed by atoms with Crippen LogP contribution in [-0.4, -0.2) is 21.0 Å². The Balaban J connectivity index is 1.87. The summed E-state index contributed by atoms with van der Waals surface area (Å²) in [7, 11) is 0. The smallest absolute Gasteiger partial charge is 0.225 e. The molecule has 2 aromatic heterocycles. The van der Waals surface area contributed by atoms with Crippen LogP contribution >= 0.6 is 0 Å². The van der Waals surface area contributed by atoms with E-state index >= 15 is 0 Å². The van der Waals surface area contributed by atoms with Crippen molar-refractivity contribution < 1.29 is 0 Å². The second-order valence-electron chi connectivity index (χ2n) is 5.80. The number of rotatable bonds is 6. The number of benzene rings is 1. The Hall–Kier alpha value is -2.95. The average molecular weight is 319 g/mol. The van der Waals surface area contributed by atoms with Crippen LogP contribution in [0.1, 0.15) is 19.5 Å². The Labute approximate surface area is 142 Å². The van der Waals surface area contributed by atoms with Gasteiger partial charge in [0.15, 0.2) is 0 Å². The van der Waals surface area contributed by atoms with Crippen LogP contribution in [0.25, 0.3) is 11.3 Å². The van der Waals surface area contributed by atoms with Gasteiger partial charge in [0.05, 0.1) is 17.9 Å². The zero-order valence-electron chi connectivity index (χ0n) is 13.9. The number of nitrogens with zero attached hydrogens (tertiary/aromatic N) is 3. The molecule has 0 fully saturated rings. The van der Waals surface area contributed by atoms with E-state index in [1.807, 2.05) is 54.6 Å². The van der Waals surface area contributed by atoms with E-state index in [0.29, 0.717) is 12.5 Å². The molecule has 3 rings (SSSR count). The maximum Gasteiger partial charge on any atom is 0.225 e. The van der Waals surface area contributed by atoms with Crippen molar-refractivity contribution in [2.45, 2.75) is 26.4 Å². The summed E-state index contributed by atoms with van der Waals surface area (Å²) in [4.78, 5) is 13.5. The van der Waals surface area contributed by atoms with E-state index in [4.69, 9.17) is 0 Å². The third-order valence-corrected chi connectivity index (χ3v) is 3.39. The van der Waals surface area contributed by atoms with Gasteiger partial charge in [-0.05, 0) is 26.0 Å². The molecule has 2 N–H and O–H groups in total. The van der Waals surface area contributed by atoms with Crippen LogP contribution in [0.4, 0.5) is 11.8 Å². The number of aromatic nitrogens is 3. The van der Waals surface area contributed by atoms with Crippen LogP contribution < -0.4 is 10.6 Å². The van der Waals surface area contributed by atoms with E-state index in [1.54, 1.807) is 6.20 Å². The highest BCUT2D eigenvalue weighted by atomic mass is 15.2. The molecule has 1 aromatic carbocycles. The van der Waals surface area contributed by atoms with E-state index in [-0.39, 0.29) is 6.04 Å². The number of hydrogen-bond donors (Lipinski definition) is 2. The fourth-order valence-corrected chi connectivity index (χ4v) is 2.30. The topological polar surface area (TPSA) is 62.7 Å². The molecule has 0 aliphatic rings. The molecular weight excluding hydrogens is 298 g/mol. The summed E-state index contributed by atoms with van der Waals surface area (Å²) in [6.07, 6.45) is 1.79. The zero-order chi connectivity index (χ0) is 16.8. The van der Waals surface area contributed by atoms with Crippen LogP contribution in [0.15, 0.2) is 60.8 Å². The van der Waals surface area contributed by atoms with Gasteiger partial charge in [-0.3, -0.25) is 4.98 Å². The van der Waals surface area contributed by atoms with Crippen LogP contribution in [-0.2, 0) is 6.54 Å². The lowest BCUT2D eigenvalue weighted by molar-refractivity contribution is 0.874. The minimum Gasteiger partial charge on any atom is -0.364 e. The lowest BCUT2D eigenvalue weighted by Crippen LogP contribution is -2.14. The van der Waals surface area contributed by atoms with Crippen molar-refractivity contribution >= 4 is 11.8 Å². The summed E-state index contributed by atoms with van der Waals surface area (Å²) in [6.45, 7) is 4.76. The van der Waals surface area contributed by atoms with Gasteiger partial charge >= 0.3 is 0 Å². The Morgan fingerprint density at radius 3 is 2.46 bits per heavy atom. The van der Waals surface area contributed by atoms with Crippen LogP contribution in [0.2, 0.25) is 0 Å². The molecule has 0 spiro atoms. The molecule has 24 heavy (non-hydrogen) atoms. The summed E-state index contributed by atoms with van der Waals surface area (Å²) in [5, 5.41) is 6.61. The Morgan fingerprint density at radius 1 is 0.958 bits per heavy atom. The highest BCUT2D eigenvalue weighted by Crippen LogP contribution is 2.21. The first-order valence-electron chi connectivity index (χ1n) is 8.05. The minimum absolute atomic E-state index is 0.264. The molecular formula is C19H21N5. The van der Waals surface area contributed by atoms with E-state index < -0.39 is 0 Å². The SMILES string of the molecule is CC(C)Nc1nc(NCc2ccccn2)cc(-c2ccccc2)n1. The second-order valence-corrected chi connectivity index (χ2v) is 5.80. The van der Waals surface area contributed by atoms with Gasteiger partial charge < -0.3 is 10.6 Å². The Bertz CT molecular complexity index is 772. The first-order valence-corrected chi connectivity index (χ1v) is 8.05. The predicted octanol–water partition coefficient (Wildman–Crippen LogP) is 3.97. The summed E-state index contributed by atoms with van der Waals surface area (Å²) in [6, 6.07) is 18.2. The summed E-state index contributed by atoms with van der Waals surface area (Å²) in [5.74, 6) is 1.40. The van der Waals surface area contributed by atoms with Crippen molar-refractivity contribution in [2.24, 2.45) is 0 Å². The fraction of sp³-hybridized carbons (Fsp3) is 0.211. The summed E-state index contributed by atoms with van der Waals surface area (Å²) in [5.41, 5.74) is 2.92. The standard InChI is InChI=1S/C19H21N5/c1-14(2)22-19-23-17(15-8-4-3-5-9-15)12-18(24-19)21-13-16-10-6-7-11-20-16/h3-12,14H,13H2,1-2H3,(H2,21,22,23,24). The van der Waals surface area contributed by atoms with Gasteiger partial charge in [0.25, 0.3) is 0 Å². The largest absolute Gasteiger partial charge is 0.364 e. The molecule has 122 valence electrons. The Kier molecular flexibility index (Phi) is 5.01. The van der Waals surface area contributed by atoms with Crippen molar-refractivity contribution in [3.8, 4) is 11.3 Å². The molecule has 0 amide bonds. The van der Waals surface area contributed by atoms with E-state index in [1.165, 1.54) is 0 Å². The van der Waals surface area contributed by atoms with Crippen molar-refractivity contribution in [1.29, 1.82) is 0 Å². The molecule has 0 radical (unpaired) electrons. The molecule has 0 unspecified atom stereocenters. The van der Waals surface area contributed by atoms with Gasteiger partial charge in [-0.25, -0.2) is 4.98 Å². The third-order valence-electron chi connectivity index (χ3n) is 3.39. The molecule has 0 saturated carbocycles. The average Bonchev–Trinajstić information content (AvgIpc) is 2.61. The number of pyridine rings is 1. The monoisotopic (exact) mass is 319 g/mol. The molecule has 0 saturated heterocycles. The highest BCUT2D eigenvalue weighted by molar-refractivity contribution is 5.64. The molecule has 2 heterocycles. The lowest BCUT2D eigenvalue weighted by Gasteiger charge is -2.13. The Morgan fingerprint density at radius 2 is 1.75 bits per heavy atom. The molecule has 0 atom stereocenters. The van der Waals surface area contributed by atoms with Crippen LogP contribution in [0, 0.1) is 0 Å². The van der Waals surface area contributed by atoms with Gasteiger partial charge in [0.2, 0.25) is 5.95 Å². The van der Waals surface area contributed by atoms with Gasteiger partial charge in [-0.1, -0.05) is 36.4 Å². The first kappa shape index (κ1) is 15.9. The fourth-order valence-electron chi connectivity index (χ4n) is 2.30. The molecule has 0 aliphatic heterocycles. The third kappa shape index (κ3) is 4.29. The normalized spacial score (nSPS) is 10.6. The number of anilines is 2. The van der Waals surface area contributed by atoms with Crippen LogP contribution in [0.3, 0.4) is 0 Å². The molecule has 0 bridgehead atoms. The van der Waals surface area contributed by atoms with Crippen LogP contribution in [0.5, 0.6) is 0 Å². The lowest BCUT2D eigenvalue weighted by atomic mass is 10.1. The molecule has 5 nitrogen and oxygen atoms in total. The maximum absolute atomic E-state index is 4.62. The van der Waals surface area contributed by atoms with Gasteiger partial charge in [-0.2, -0.15) is 4.98 Å². The van der Waals surface area contributed by atoms with Crippen molar-refractivity contribution in [3.05, 3.63) is 66.5 Å². The first-order chi connectivity index (χ1) is 11.7.